The Morgan fingerprint density at radius 2 is 1.70 bits per heavy atom. The summed E-state index contributed by atoms with van der Waals surface area (Å²) in [7, 11) is 0. The van der Waals surface area contributed by atoms with Gasteiger partial charge in [-0.2, -0.15) is 9.97 Å². The number of alkyl halides is 2. The summed E-state index contributed by atoms with van der Waals surface area (Å²) < 4.78 is 41.5. The van der Waals surface area contributed by atoms with Crippen LogP contribution in [0.4, 0.5) is 14.7 Å². The zero-order valence-electron chi connectivity index (χ0n) is 22.7. The molecule has 0 radical (unpaired) electrons. The fourth-order valence-electron chi connectivity index (χ4n) is 6.25. The summed E-state index contributed by atoms with van der Waals surface area (Å²) in [5.74, 6) is 0.913. The molecule has 1 unspecified atom stereocenters. The molecule has 11 heteroatoms. The number of morpholine rings is 1. The maximum Gasteiger partial charge on any atom is 0.296 e. The minimum absolute atomic E-state index is 0.0764. The van der Waals surface area contributed by atoms with Gasteiger partial charge in [0.1, 0.15) is 18.1 Å². The van der Waals surface area contributed by atoms with Gasteiger partial charge in [-0.25, -0.2) is 13.8 Å². The first-order valence-corrected chi connectivity index (χ1v) is 14.6. The number of benzene rings is 1. The lowest BCUT2D eigenvalue weighted by Crippen LogP contribution is -2.45. The predicted molar refractivity (Wildman–Crippen MR) is 147 cm³/mol. The number of ether oxygens (including phenoxy) is 2. The van der Waals surface area contributed by atoms with Crippen LogP contribution in [0.15, 0.2) is 30.3 Å². The number of para-hydroxylation sites is 2. The Bertz CT molecular complexity index is 1270. The summed E-state index contributed by atoms with van der Waals surface area (Å²) in [5, 5.41) is 14.3. The second kappa shape index (κ2) is 12.3. The first kappa shape index (κ1) is 27.3. The molecular weight excluding hydrogens is 518 g/mol. The van der Waals surface area contributed by atoms with Crippen molar-refractivity contribution in [1.29, 1.82) is 0 Å². The summed E-state index contributed by atoms with van der Waals surface area (Å²) in [6.45, 7) is 2.29. The fraction of sp³-hybridized carbons (Fsp3) is 0.621. The lowest BCUT2D eigenvalue weighted by molar-refractivity contribution is 0.0183. The summed E-state index contributed by atoms with van der Waals surface area (Å²) in [6.07, 6.45) is 5.94. The van der Waals surface area contributed by atoms with E-state index < -0.39 is 12.7 Å². The minimum Gasteiger partial charge on any atom is -0.474 e. The number of halogens is 2. The number of imidazole rings is 1. The molecule has 3 heterocycles. The van der Waals surface area contributed by atoms with Gasteiger partial charge in [0.15, 0.2) is 5.82 Å². The fourth-order valence-corrected chi connectivity index (χ4v) is 6.25. The standard InChI is InChI=1S/C29H38F2N6O3/c30-26(31)27-33-22-8-4-5-9-23(22)37(27)24-18-25(35-29(34-24)36-14-16-39-17-15-36)40-21-12-10-19(11-13-21)28(38)32-20-6-2-1-3-7-20/h4-5,8-9,18-21,26,28,32,38H,1-3,6-7,10-17H2. The van der Waals surface area contributed by atoms with Crippen molar-refractivity contribution < 1.29 is 23.4 Å². The number of hydrogen-bond donors (Lipinski definition) is 2. The number of aliphatic hydroxyl groups is 1. The molecule has 1 atom stereocenters. The van der Waals surface area contributed by atoms with Crippen molar-refractivity contribution in [1.82, 2.24) is 24.8 Å². The largest absolute Gasteiger partial charge is 0.474 e. The number of nitrogens with zero attached hydrogens (tertiary/aromatic N) is 5. The van der Waals surface area contributed by atoms with Gasteiger partial charge in [-0.15, -0.1) is 0 Å². The minimum atomic E-state index is -2.78. The Balaban J connectivity index is 1.22. The average molecular weight is 557 g/mol. The van der Waals surface area contributed by atoms with Crippen molar-refractivity contribution in [3.8, 4) is 11.7 Å². The van der Waals surface area contributed by atoms with Gasteiger partial charge in [0.25, 0.3) is 6.43 Å². The van der Waals surface area contributed by atoms with Crippen molar-refractivity contribution >= 4 is 17.0 Å². The van der Waals surface area contributed by atoms with Gasteiger partial charge >= 0.3 is 0 Å². The zero-order chi connectivity index (χ0) is 27.5. The molecule has 2 aliphatic carbocycles. The zero-order valence-corrected chi connectivity index (χ0v) is 22.7. The number of fused-ring (bicyclic) bond motifs is 1. The number of rotatable bonds is 8. The first-order valence-electron chi connectivity index (χ1n) is 14.6. The highest BCUT2D eigenvalue weighted by atomic mass is 19.3. The molecule has 0 spiro atoms. The monoisotopic (exact) mass is 556 g/mol. The van der Waals surface area contributed by atoms with Gasteiger partial charge in [0.05, 0.1) is 24.2 Å². The summed E-state index contributed by atoms with van der Waals surface area (Å²) in [5.41, 5.74) is 1.03. The van der Waals surface area contributed by atoms with E-state index in [1.807, 2.05) is 4.90 Å². The second-order valence-electron chi connectivity index (χ2n) is 11.2. The molecule has 2 N–H and O–H groups in total. The van der Waals surface area contributed by atoms with Crippen LogP contribution in [0.25, 0.3) is 16.9 Å². The van der Waals surface area contributed by atoms with Crippen molar-refractivity contribution in [2.24, 2.45) is 5.92 Å². The highest BCUT2D eigenvalue weighted by Gasteiger charge is 2.30. The van der Waals surface area contributed by atoms with E-state index in [9.17, 15) is 13.9 Å². The van der Waals surface area contributed by atoms with Crippen LogP contribution in [-0.4, -0.2) is 69.3 Å². The van der Waals surface area contributed by atoms with Gasteiger partial charge in [-0.05, 0) is 56.6 Å². The Kier molecular flexibility index (Phi) is 8.40. The van der Waals surface area contributed by atoms with E-state index in [1.165, 1.54) is 23.8 Å². The molecule has 9 nitrogen and oxygen atoms in total. The third-order valence-corrected chi connectivity index (χ3v) is 8.45. The van der Waals surface area contributed by atoms with Gasteiger partial charge in [-0.3, -0.25) is 9.88 Å². The Labute approximate surface area is 232 Å². The first-order chi connectivity index (χ1) is 19.5. The maximum absolute atomic E-state index is 14.1. The summed E-state index contributed by atoms with van der Waals surface area (Å²) in [4.78, 5) is 15.6. The molecule has 0 bridgehead atoms. The molecule has 216 valence electrons. The summed E-state index contributed by atoms with van der Waals surface area (Å²) in [6, 6.07) is 9.10. The maximum atomic E-state index is 14.1. The van der Waals surface area contributed by atoms with E-state index in [0.29, 0.717) is 61.0 Å². The van der Waals surface area contributed by atoms with Crippen molar-refractivity contribution in [2.75, 3.05) is 31.2 Å². The lowest BCUT2D eigenvalue weighted by atomic mass is 9.85. The Hall–Kier alpha value is -2.89. The van der Waals surface area contributed by atoms with Gasteiger partial charge in [0.2, 0.25) is 11.8 Å². The molecule has 1 aromatic carbocycles. The van der Waals surface area contributed by atoms with E-state index in [2.05, 4.69) is 10.3 Å². The third kappa shape index (κ3) is 6.06. The summed E-state index contributed by atoms with van der Waals surface area (Å²) >= 11 is 0. The van der Waals surface area contributed by atoms with E-state index in [1.54, 1.807) is 30.3 Å². The number of nitrogens with one attached hydrogen (secondary N) is 1. The topological polar surface area (TPSA) is 97.6 Å². The Morgan fingerprint density at radius 3 is 2.45 bits per heavy atom. The van der Waals surface area contributed by atoms with Crippen LogP contribution < -0.4 is 15.0 Å². The van der Waals surface area contributed by atoms with Crippen LogP contribution in [0.2, 0.25) is 0 Å². The molecular formula is C29H38F2N6O3. The lowest BCUT2D eigenvalue weighted by Gasteiger charge is -2.34. The quantitative estimate of drug-likeness (QED) is 0.383. The molecule has 40 heavy (non-hydrogen) atoms. The number of hydrogen-bond acceptors (Lipinski definition) is 8. The van der Waals surface area contributed by atoms with Crippen molar-refractivity contribution in [2.45, 2.75) is 82.6 Å². The van der Waals surface area contributed by atoms with Crippen LogP contribution in [0.3, 0.4) is 0 Å². The highest BCUT2D eigenvalue weighted by molar-refractivity contribution is 5.78. The Morgan fingerprint density at radius 1 is 0.950 bits per heavy atom. The number of aliphatic hydroxyl groups excluding tert-OH is 1. The molecule has 3 aliphatic rings. The van der Waals surface area contributed by atoms with Gasteiger partial charge < -0.3 is 19.5 Å². The average Bonchev–Trinajstić information content (AvgIpc) is 3.39. The smallest absolute Gasteiger partial charge is 0.296 e. The molecule has 0 amide bonds. The molecule has 2 aromatic heterocycles. The van der Waals surface area contributed by atoms with Crippen molar-refractivity contribution in [3.63, 3.8) is 0 Å². The van der Waals surface area contributed by atoms with E-state index in [4.69, 9.17) is 19.4 Å². The third-order valence-electron chi connectivity index (χ3n) is 8.45. The molecule has 2 saturated carbocycles. The molecule has 6 rings (SSSR count). The number of anilines is 1. The van der Waals surface area contributed by atoms with E-state index >= 15 is 0 Å². The van der Waals surface area contributed by atoms with E-state index in [-0.39, 0.29) is 17.8 Å². The molecule has 1 saturated heterocycles. The van der Waals surface area contributed by atoms with Crippen LogP contribution in [0.5, 0.6) is 5.88 Å². The normalized spacial score (nSPS) is 23.6. The van der Waals surface area contributed by atoms with Crippen LogP contribution in [-0.2, 0) is 4.74 Å². The van der Waals surface area contributed by atoms with Crippen LogP contribution in [0.1, 0.15) is 70.0 Å². The SMILES string of the molecule is OC(NC1CCCCC1)C1CCC(Oc2cc(-n3c(C(F)F)nc4ccccc43)nc(N3CCOCC3)n2)CC1. The van der Waals surface area contributed by atoms with Crippen LogP contribution >= 0.6 is 0 Å². The molecule has 1 aliphatic heterocycles. The van der Waals surface area contributed by atoms with Gasteiger partial charge in [0, 0.05) is 25.2 Å². The molecule has 3 aromatic rings. The van der Waals surface area contributed by atoms with Gasteiger partial charge in [-0.1, -0.05) is 31.4 Å². The van der Waals surface area contributed by atoms with E-state index in [0.717, 1.165) is 38.5 Å². The second-order valence-corrected chi connectivity index (χ2v) is 11.2. The predicted octanol–water partition coefficient (Wildman–Crippen LogP) is 4.77. The highest BCUT2D eigenvalue weighted by Crippen LogP contribution is 2.33. The molecule has 3 fully saturated rings. The van der Waals surface area contributed by atoms with Crippen molar-refractivity contribution in [3.05, 3.63) is 36.2 Å². The number of aromatic nitrogens is 4. The van der Waals surface area contributed by atoms with Crippen LogP contribution in [0, 0.1) is 5.92 Å².